The van der Waals surface area contributed by atoms with E-state index < -0.39 is 17.7 Å². The molecule has 9 heteroatoms. The van der Waals surface area contributed by atoms with Crippen LogP contribution in [0.3, 0.4) is 0 Å². The number of halogens is 5. The van der Waals surface area contributed by atoms with E-state index in [1.807, 2.05) is 0 Å². The summed E-state index contributed by atoms with van der Waals surface area (Å²) in [7, 11) is 1.18. The Kier molecular flexibility index (Phi) is 5.71. The van der Waals surface area contributed by atoms with E-state index in [9.17, 15) is 18.0 Å². The molecule has 2 rings (SSSR count). The van der Waals surface area contributed by atoms with Crippen LogP contribution in [0.1, 0.15) is 21.6 Å². The Balaban J connectivity index is 2.31. The third kappa shape index (κ3) is 4.18. The molecule has 0 radical (unpaired) electrons. The van der Waals surface area contributed by atoms with Crippen LogP contribution < -0.4 is 5.32 Å². The number of benzene rings is 1. The van der Waals surface area contributed by atoms with Gasteiger partial charge in [-0.1, -0.05) is 29.8 Å². The van der Waals surface area contributed by atoms with Gasteiger partial charge in [-0.25, -0.2) is 9.78 Å². The number of carbonyl (C=O) groups is 1. The Hall–Kier alpha value is -1.80. The molecule has 0 unspecified atom stereocenters. The number of nitrogens with one attached hydrogen (secondary N) is 1. The summed E-state index contributed by atoms with van der Waals surface area (Å²) < 4.78 is 43.9. The summed E-state index contributed by atoms with van der Waals surface area (Å²) >= 11 is 9.03. The van der Waals surface area contributed by atoms with Gasteiger partial charge in [0.05, 0.1) is 22.8 Å². The van der Waals surface area contributed by atoms with Gasteiger partial charge in [-0.05, 0) is 33.6 Å². The van der Waals surface area contributed by atoms with E-state index in [0.29, 0.717) is 5.69 Å². The van der Waals surface area contributed by atoms with Crippen LogP contribution in [-0.2, 0) is 17.5 Å². The molecule has 1 heterocycles. The average Bonchev–Trinajstić information content (AvgIpc) is 2.54. The molecule has 2 aromatic rings. The van der Waals surface area contributed by atoms with E-state index in [1.165, 1.54) is 31.4 Å². The van der Waals surface area contributed by atoms with E-state index in [0.717, 1.165) is 6.07 Å². The highest BCUT2D eigenvalue weighted by atomic mass is 79.9. The number of anilines is 1. The highest BCUT2D eigenvalue weighted by molar-refractivity contribution is 9.10. The monoisotopic (exact) mass is 422 g/mol. The molecule has 0 bridgehead atoms. The van der Waals surface area contributed by atoms with Crippen LogP contribution in [0.15, 0.2) is 34.8 Å². The van der Waals surface area contributed by atoms with Crippen LogP contribution in [-0.4, -0.2) is 18.1 Å². The number of nitrogens with zero attached hydrogens (tertiary/aromatic N) is 1. The van der Waals surface area contributed by atoms with Gasteiger partial charge < -0.3 is 10.1 Å². The van der Waals surface area contributed by atoms with Gasteiger partial charge in [-0.2, -0.15) is 13.2 Å². The second kappa shape index (κ2) is 7.40. The number of hydrogen-bond acceptors (Lipinski definition) is 4. The zero-order valence-electron chi connectivity index (χ0n) is 12.2. The largest absolute Gasteiger partial charge is 0.464 e. The zero-order valence-corrected chi connectivity index (χ0v) is 14.6. The van der Waals surface area contributed by atoms with Gasteiger partial charge in [-0.15, -0.1) is 0 Å². The maximum atomic E-state index is 13.0. The molecule has 0 aliphatic rings. The number of rotatable bonds is 4. The molecule has 0 amide bonds. The van der Waals surface area contributed by atoms with Crippen molar-refractivity contribution in [3.63, 3.8) is 0 Å². The predicted octanol–water partition coefficient (Wildman–Crippen LogP) is 4.92. The van der Waals surface area contributed by atoms with Crippen LogP contribution in [0.2, 0.25) is 5.15 Å². The van der Waals surface area contributed by atoms with Crippen LogP contribution in [0.25, 0.3) is 0 Å². The summed E-state index contributed by atoms with van der Waals surface area (Å²) in [6.07, 6.45) is -4.46. The van der Waals surface area contributed by atoms with Crippen molar-refractivity contribution in [2.45, 2.75) is 12.7 Å². The standard InChI is InChI=1S/C15H11BrClF3N2O2/c1-24-14(23)13-12(16)10(6-11(17)22-13)21-7-8-4-2-3-5-9(8)15(18,19)20/h2-6H,7H2,1H3,(H,21,22). The maximum Gasteiger partial charge on any atom is 0.416 e. The molecular weight excluding hydrogens is 413 g/mol. The lowest BCUT2D eigenvalue weighted by atomic mass is 10.1. The Morgan fingerprint density at radius 2 is 2.04 bits per heavy atom. The first-order chi connectivity index (χ1) is 11.2. The normalized spacial score (nSPS) is 11.2. The second-order valence-corrected chi connectivity index (χ2v) is 5.84. The number of alkyl halides is 3. The molecule has 0 aliphatic heterocycles. The zero-order chi connectivity index (χ0) is 17.9. The van der Waals surface area contributed by atoms with E-state index in [1.54, 1.807) is 0 Å². The summed E-state index contributed by atoms with van der Waals surface area (Å²) in [5.41, 5.74) is -0.421. The summed E-state index contributed by atoms with van der Waals surface area (Å²) in [6.45, 7) is -0.116. The Morgan fingerprint density at radius 3 is 2.67 bits per heavy atom. The van der Waals surface area contributed by atoms with Crippen molar-refractivity contribution in [3.8, 4) is 0 Å². The van der Waals surface area contributed by atoms with Gasteiger partial charge in [0.15, 0.2) is 5.69 Å². The first kappa shape index (κ1) is 18.5. The minimum absolute atomic E-state index is 0.00482. The van der Waals surface area contributed by atoms with Crippen LogP contribution in [0.5, 0.6) is 0 Å². The summed E-state index contributed by atoms with van der Waals surface area (Å²) in [5, 5.41) is 2.83. The number of esters is 1. The molecule has 128 valence electrons. The van der Waals surface area contributed by atoms with Gasteiger partial charge in [0.2, 0.25) is 0 Å². The Labute approximate surface area is 149 Å². The molecule has 4 nitrogen and oxygen atoms in total. The molecule has 0 aliphatic carbocycles. The van der Waals surface area contributed by atoms with Crippen LogP contribution >= 0.6 is 27.5 Å². The van der Waals surface area contributed by atoms with Gasteiger partial charge in [0.25, 0.3) is 0 Å². The lowest BCUT2D eigenvalue weighted by Gasteiger charge is -2.15. The Morgan fingerprint density at radius 1 is 1.38 bits per heavy atom. The van der Waals surface area contributed by atoms with E-state index in [-0.39, 0.29) is 27.4 Å². The smallest absolute Gasteiger partial charge is 0.416 e. The van der Waals surface area contributed by atoms with Crippen molar-refractivity contribution in [1.29, 1.82) is 0 Å². The first-order valence-corrected chi connectivity index (χ1v) is 7.74. The maximum absolute atomic E-state index is 13.0. The van der Waals surface area contributed by atoms with Crippen molar-refractivity contribution in [2.24, 2.45) is 0 Å². The quantitative estimate of drug-likeness (QED) is 0.560. The molecule has 0 saturated carbocycles. The highest BCUT2D eigenvalue weighted by Gasteiger charge is 2.32. The highest BCUT2D eigenvalue weighted by Crippen LogP contribution is 2.33. The van der Waals surface area contributed by atoms with Crippen LogP contribution in [0, 0.1) is 0 Å². The average molecular weight is 424 g/mol. The predicted molar refractivity (Wildman–Crippen MR) is 87.1 cm³/mol. The summed E-state index contributed by atoms with van der Waals surface area (Å²) in [4.78, 5) is 15.5. The minimum atomic E-state index is -4.46. The van der Waals surface area contributed by atoms with E-state index in [2.05, 4.69) is 31.0 Å². The lowest BCUT2D eigenvalue weighted by Crippen LogP contribution is -2.13. The molecule has 1 N–H and O–H groups in total. The molecule has 0 saturated heterocycles. The van der Waals surface area contributed by atoms with Crippen molar-refractivity contribution in [3.05, 3.63) is 56.8 Å². The molecule has 1 aromatic heterocycles. The van der Waals surface area contributed by atoms with Gasteiger partial charge in [0.1, 0.15) is 5.15 Å². The molecule has 1 aromatic carbocycles. The fraction of sp³-hybridized carbons (Fsp3) is 0.200. The lowest BCUT2D eigenvalue weighted by molar-refractivity contribution is -0.138. The van der Waals surface area contributed by atoms with Crippen molar-refractivity contribution in [2.75, 3.05) is 12.4 Å². The number of aromatic nitrogens is 1. The van der Waals surface area contributed by atoms with Crippen LogP contribution in [0.4, 0.5) is 18.9 Å². The molecule has 0 atom stereocenters. The number of hydrogen-bond donors (Lipinski definition) is 1. The molecule has 0 fully saturated rings. The topological polar surface area (TPSA) is 51.2 Å². The molecule has 0 spiro atoms. The molecular formula is C15H11BrClF3N2O2. The van der Waals surface area contributed by atoms with Gasteiger partial charge in [-0.3, -0.25) is 0 Å². The second-order valence-electron chi connectivity index (χ2n) is 4.66. The van der Waals surface area contributed by atoms with Gasteiger partial charge >= 0.3 is 12.1 Å². The fourth-order valence-electron chi connectivity index (χ4n) is 2.00. The van der Waals surface area contributed by atoms with Crippen molar-refractivity contribution in [1.82, 2.24) is 4.98 Å². The third-order valence-corrected chi connectivity index (χ3v) is 4.09. The number of methoxy groups -OCH3 is 1. The van der Waals surface area contributed by atoms with E-state index in [4.69, 9.17) is 11.6 Å². The Bertz CT molecular complexity index is 769. The fourth-order valence-corrected chi connectivity index (χ4v) is 2.70. The minimum Gasteiger partial charge on any atom is -0.464 e. The third-order valence-electron chi connectivity index (χ3n) is 3.10. The van der Waals surface area contributed by atoms with Gasteiger partial charge in [0, 0.05) is 6.54 Å². The number of ether oxygens (including phenoxy) is 1. The molecule has 24 heavy (non-hydrogen) atoms. The van der Waals surface area contributed by atoms with Crippen molar-refractivity contribution < 1.29 is 22.7 Å². The number of pyridine rings is 1. The first-order valence-electron chi connectivity index (χ1n) is 6.57. The SMILES string of the molecule is COC(=O)c1nc(Cl)cc(NCc2ccccc2C(F)(F)F)c1Br. The number of carbonyl (C=O) groups excluding carboxylic acids is 1. The van der Waals surface area contributed by atoms with Crippen molar-refractivity contribution >= 4 is 39.2 Å². The summed E-state index contributed by atoms with van der Waals surface area (Å²) in [6, 6.07) is 6.61. The van der Waals surface area contributed by atoms with E-state index >= 15 is 0 Å². The summed E-state index contributed by atoms with van der Waals surface area (Å²) in [5.74, 6) is -0.719.